The second kappa shape index (κ2) is 53.8. The number of ether oxygens (including phenoxy) is 2. The number of amides is 5. The normalized spacial score (nSPS) is 15.2. The molecule has 5 aromatic carbocycles. The molecule has 0 aliphatic carbocycles. The van der Waals surface area contributed by atoms with E-state index in [4.69, 9.17) is 20.9 Å². The van der Waals surface area contributed by atoms with Crippen LogP contribution >= 0.6 is 167 Å². The molecule has 15 nitrogen and oxygen atoms in total. The van der Waals surface area contributed by atoms with Gasteiger partial charge in [-0.15, -0.1) is 24.0 Å². The average Bonchev–Trinajstić information content (AvgIpc) is 1.05. The maximum absolute atomic E-state index is 13.3. The molecule has 5 amide bonds. The van der Waals surface area contributed by atoms with Crippen molar-refractivity contribution in [3.05, 3.63) is 167 Å². The second-order valence-corrected chi connectivity index (χ2v) is 235. The number of halogens is 15. The molecule has 0 aromatic heterocycles. The van der Waals surface area contributed by atoms with Crippen molar-refractivity contribution in [2.75, 3.05) is 73.6 Å². The SMILES string of the molecule is CC(C)COc1ccc(CN)cc1.CC(C)COc1ccc(CNC(=O)N(Cc2ccc(F)cc2)C2CCN(C)CC2)cc1.CC(N)=O.CN1CCC(N(Cc2ccc(F)cc2)C(N)=O)CC1.CN1CCC(NCc2ccc(F)cc2)CC1.I.I[I-]I(I)I(I)I(I)I(I)I. The van der Waals surface area contributed by atoms with Crippen molar-refractivity contribution in [2.24, 2.45) is 29.0 Å². The van der Waals surface area contributed by atoms with E-state index in [1.807, 2.05) is 65.6 Å². The fourth-order valence-electron chi connectivity index (χ4n) is 9.32. The summed E-state index contributed by atoms with van der Waals surface area (Å²) in [6.45, 7) is 20.3. The van der Waals surface area contributed by atoms with Gasteiger partial charge in [-0.3, -0.25) is 4.79 Å². The van der Waals surface area contributed by atoms with Crippen LogP contribution in [0.25, 0.3) is 0 Å². The van der Waals surface area contributed by atoms with E-state index in [0.717, 1.165) is 104 Å². The van der Waals surface area contributed by atoms with Gasteiger partial charge in [0.05, 0.1) is 13.2 Å². The Labute approximate surface area is 663 Å². The van der Waals surface area contributed by atoms with E-state index < -0.39 is 6.03 Å². The van der Waals surface area contributed by atoms with Crippen LogP contribution in [0.5, 0.6) is 11.5 Å². The molecule has 0 spiro atoms. The molecule has 8 rings (SSSR count). The van der Waals surface area contributed by atoms with Crippen molar-refractivity contribution < 1.29 is 50.3 Å². The molecule has 542 valence electrons. The standard InChI is InChI=1S/C25H34FN3O2.C14H20FN3O.C13H19FN2.C11H17NO.C2H5NO.I11.HI/c1-19(2)18-31-24-10-6-20(7-11-24)16-27-25(30)29(23-12-14-28(3)15-13-23)17-21-4-8-22(26)9-5-21;1-17-8-6-13(7-9-17)18(14(16)19)10-11-2-4-12(15)5-3-11;1-16-8-6-13(7-9-16)15-10-11-2-4-12(14)5-3-11;1-9(2)8-13-11-5-3-10(7-12)4-6-11;1-2(3)4;1-7-9(4)11(6)10(5)8(2)3;/h4-11,19,23H,12-18H2,1-3H3,(H,27,30);2-5,13H,6-10H2,1H3,(H2,16,19);2-5,13,15H,6-10H2,1H3;3-6,9H,7-8,12H2,1-2H3;1H3,(H2,3,4);;1H/q;;;;;-1;. The van der Waals surface area contributed by atoms with Gasteiger partial charge in [0.2, 0.25) is 5.91 Å². The zero-order valence-corrected chi connectivity index (χ0v) is 81.1. The van der Waals surface area contributed by atoms with Gasteiger partial charge in [0.1, 0.15) is 29.0 Å². The molecule has 3 fully saturated rings. The third kappa shape index (κ3) is 42.1. The van der Waals surface area contributed by atoms with E-state index >= 15 is 0 Å². The van der Waals surface area contributed by atoms with Crippen LogP contribution in [0, 0.1) is 29.3 Å². The molecule has 0 bridgehead atoms. The van der Waals surface area contributed by atoms with Crippen molar-refractivity contribution in [3.63, 3.8) is 0 Å². The molecule has 3 saturated heterocycles. The fraction of sp³-hybridized carbons (Fsp3) is 0.492. The number of hydrogen-bond donors (Lipinski definition) is 5. The molecule has 30 heteroatoms. The van der Waals surface area contributed by atoms with Gasteiger partial charge in [-0.25, -0.2) is 22.8 Å². The minimum absolute atomic E-state index is 0. The average molecular weight is 2680 g/mol. The van der Waals surface area contributed by atoms with Gasteiger partial charge in [-0.2, -0.15) is 0 Å². The van der Waals surface area contributed by atoms with Crippen LogP contribution in [0.15, 0.2) is 121 Å². The Bertz CT molecular complexity index is 2850. The number of primary amides is 2. The van der Waals surface area contributed by atoms with E-state index in [2.05, 4.69) is 192 Å². The zero-order valence-electron chi connectivity index (χ0n) is 55.1. The maximum atomic E-state index is 13.3. The Kier molecular flexibility index (Phi) is 52.7. The molecule has 95 heavy (non-hydrogen) atoms. The number of carbonyl (C=O) groups is 3. The van der Waals surface area contributed by atoms with Crippen LogP contribution in [0.3, 0.4) is 0 Å². The first-order chi connectivity index (χ1) is 44.7. The number of carbonyl (C=O) groups excluding carboxylic acids is 3. The summed E-state index contributed by atoms with van der Waals surface area (Å²) < 4.78 is 50.1. The van der Waals surface area contributed by atoms with Gasteiger partial charge in [0.15, 0.2) is 0 Å². The van der Waals surface area contributed by atoms with Crippen LogP contribution in [-0.2, 0) is 37.5 Å². The molecule has 8 N–H and O–H groups in total. The number of likely N-dealkylation sites (tertiary alicyclic amines) is 3. The van der Waals surface area contributed by atoms with Gasteiger partial charge in [-0.1, -0.05) is 88.4 Å². The number of urea groups is 2. The molecule has 3 aliphatic heterocycles. The number of nitrogens with one attached hydrogen (secondary N) is 2. The summed E-state index contributed by atoms with van der Waals surface area (Å²) in [4.78, 5) is 44.4. The van der Waals surface area contributed by atoms with Crippen LogP contribution in [0.2, 0.25) is 0 Å². The summed E-state index contributed by atoms with van der Waals surface area (Å²) in [5.74, 6) is 1.77. The van der Waals surface area contributed by atoms with Crippen molar-refractivity contribution >= 4 is 185 Å². The van der Waals surface area contributed by atoms with Crippen molar-refractivity contribution in [3.8, 4) is 11.5 Å². The number of rotatable bonds is 22. The Morgan fingerprint density at radius 2 is 0.895 bits per heavy atom. The summed E-state index contributed by atoms with van der Waals surface area (Å²) in [5, 5.41) is 6.60. The minimum atomic E-state index is -0.404. The summed E-state index contributed by atoms with van der Waals surface area (Å²) in [5.41, 5.74) is 20.6. The van der Waals surface area contributed by atoms with Crippen LogP contribution < -0.4 is 50.6 Å². The summed E-state index contributed by atoms with van der Waals surface area (Å²) >= 11 is 17.8. The molecular weight excluding hydrogens is 2580 g/mol. The first-order valence-electron chi connectivity index (χ1n) is 30.6. The monoisotopic (exact) mass is 2680 g/mol. The third-order valence-electron chi connectivity index (χ3n) is 14.5. The van der Waals surface area contributed by atoms with Crippen LogP contribution in [-0.4, -0.2) is 134 Å². The Hall–Kier alpha value is 2.06. The topological polar surface area (TPSA) is 188 Å². The number of nitrogens with zero attached hydrogens (tertiary/aromatic N) is 5. The Morgan fingerprint density at radius 1 is 0.558 bits per heavy atom. The van der Waals surface area contributed by atoms with E-state index in [9.17, 15) is 27.6 Å². The predicted octanol–water partition coefficient (Wildman–Crippen LogP) is 16.6. The summed E-state index contributed by atoms with van der Waals surface area (Å²) in [6, 6.07) is 35.6. The molecule has 0 unspecified atom stereocenters. The van der Waals surface area contributed by atoms with Crippen molar-refractivity contribution in [2.45, 2.75) is 124 Å². The van der Waals surface area contributed by atoms with E-state index in [1.54, 1.807) is 29.2 Å². The van der Waals surface area contributed by atoms with E-state index in [-0.39, 0.29) is 97.0 Å². The molecule has 0 atom stereocenters. The number of benzene rings is 5. The van der Waals surface area contributed by atoms with Crippen molar-refractivity contribution in [1.82, 2.24) is 35.1 Å². The van der Waals surface area contributed by atoms with Crippen LogP contribution in [0.1, 0.15) is 101 Å². The number of piperidine rings is 3. The van der Waals surface area contributed by atoms with Gasteiger partial charge in [0.25, 0.3) is 0 Å². The van der Waals surface area contributed by atoms with E-state index in [0.29, 0.717) is 63.9 Å². The van der Waals surface area contributed by atoms with Gasteiger partial charge in [0, 0.05) is 57.8 Å². The zero-order chi connectivity index (χ0) is 69.7. The van der Waals surface area contributed by atoms with E-state index in [1.165, 1.54) is 69.3 Å². The molecule has 5 aromatic rings. The molecule has 0 radical (unpaired) electrons. The number of nitrogens with two attached hydrogens (primary N) is 3. The summed E-state index contributed by atoms with van der Waals surface area (Å²) in [7, 11) is 5.19. The number of hydrogen-bond acceptors (Lipinski definition) is 10. The predicted molar refractivity (Wildman–Crippen MR) is 482 cm³/mol. The fourth-order valence-corrected chi connectivity index (χ4v) is 1060. The van der Waals surface area contributed by atoms with Gasteiger partial charge in [-0.05, 0) is 199 Å². The molecular formula is C65H96F3I12N10O5-. The first-order valence-corrected chi connectivity index (χ1v) is 93.5. The van der Waals surface area contributed by atoms with Crippen molar-refractivity contribution in [1.29, 1.82) is 0 Å². The van der Waals surface area contributed by atoms with Gasteiger partial charge >= 0.3 is 169 Å². The Morgan fingerprint density at radius 3 is 1.25 bits per heavy atom. The first kappa shape index (κ1) is 93.1. The molecule has 3 aliphatic rings. The second-order valence-electron chi connectivity index (χ2n) is 23.4. The third-order valence-corrected chi connectivity index (χ3v) is 593. The summed E-state index contributed by atoms with van der Waals surface area (Å²) in [6.07, 6.45) is 6.15. The van der Waals surface area contributed by atoms with Gasteiger partial charge < -0.3 is 61.8 Å². The Balaban J connectivity index is 0.000000417. The molecule has 0 saturated carbocycles. The van der Waals surface area contributed by atoms with Crippen LogP contribution in [0.4, 0.5) is 22.8 Å². The molecule has 3 heterocycles. The quantitative estimate of drug-likeness (QED) is 0.0417.